The van der Waals surface area contributed by atoms with Gasteiger partial charge in [0.15, 0.2) is 0 Å². The lowest BCUT2D eigenvalue weighted by Gasteiger charge is -2.08. The van der Waals surface area contributed by atoms with Crippen LogP contribution >= 0.6 is 11.3 Å². The quantitative estimate of drug-likeness (QED) is 0.890. The van der Waals surface area contributed by atoms with Crippen molar-refractivity contribution in [3.05, 3.63) is 34.3 Å². The van der Waals surface area contributed by atoms with Crippen LogP contribution in [0.4, 0.5) is 5.13 Å². The molecule has 2 aromatic rings. The number of aromatic nitrogens is 2. The van der Waals surface area contributed by atoms with Gasteiger partial charge in [0.05, 0.1) is 6.61 Å². The molecule has 0 atom stereocenters. The number of amides is 1. The topological polar surface area (TPSA) is 64.1 Å². The first kappa shape index (κ1) is 15.4. The summed E-state index contributed by atoms with van der Waals surface area (Å²) in [6, 6.07) is 6.14. The van der Waals surface area contributed by atoms with Gasteiger partial charge in [-0.05, 0) is 31.0 Å². The smallest absolute Gasteiger partial charge is 0.225 e. The van der Waals surface area contributed by atoms with Crippen molar-refractivity contribution in [3.63, 3.8) is 0 Å². The number of aryl methyl sites for hydroxylation is 2. The van der Waals surface area contributed by atoms with Crippen LogP contribution in [0.2, 0.25) is 0 Å². The zero-order valence-corrected chi connectivity index (χ0v) is 13.3. The van der Waals surface area contributed by atoms with Gasteiger partial charge in [-0.3, -0.25) is 4.79 Å². The van der Waals surface area contributed by atoms with Gasteiger partial charge in [0.2, 0.25) is 11.0 Å². The third-order valence-corrected chi connectivity index (χ3v) is 3.85. The highest BCUT2D eigenvalue weighted by Crippen LogP contribution is 2.20. The van der Waals surface area contributed by atoms with Crippen molar-refractivity contribution in [1.82, 2.24) is 10.2 Å². The molecule has 0 fully saturated rings. The Balaban J connectivity index is 1.86. The third-order valence-electron chi connectivity index (χ3n) is 2.95. The van der Waals surface area contributed by atoms with Crippen molar-refractivity contribution in [2.75, 3.05) is 11.9 Å². The second kappa shape index (κ2) is 7.17. The van der Waals surface area contributed by atoms with Crippen LogP contribution in [0.1, 0.15) is 29.5 Å². The summed E-state index contributed by atoms with van der Waals surface area (Å²) in [5.74, 6) is 0.850. The zero-order chi connectivity index (χ0) is 15.2. The summed E-state index contributed by atoms with van der Waals surface area (Å²) in [6.45, 7) is 6.41. The van der Waals surface area contributed by atoms with Crippen molar-refractivity contribution in [3.8, 4) is 5.75 Å². The summed E-state index contributed by atoms with van der Waals surface area (Å²) >= 11 is 1.38. The first-order valence-electron chi connectivity index (χ1n) is 6.90. The van der Waals surface area contributed by atoms with Gasteiger partial charge >= 0.3 is 0 Å². The van der Waals surface area contributed by atoms with Crippen molar-refractivity contribution in [2.45, 2.75) is 33.6 Å². The summed E-state index contributed by atoms with van der Waals surface area (Å²) in [5.41, 5.74) is 2.30. The van der Waals surface area contributed by atoms with Crippen LogP contribution in [0.25, 0.3) is 0 Å². The Bertz CT molecular complexity index is 625. The number of rotatable bonds is 6. The van der Waals surface area contributed by atoms with Crippen LogP contribution in [-0.4, -0.2) is 22.7 Å². The molecule has 6 heteroatoms. The highest BCUT2D eigenvalue weighted by Gasteiger charge is 2.07. The number of benzene rings is 1. The molecule has 2 rings (SSSR count). The van der Waals surface area contributed by atoms with E-state index in [2.05, 4.69) is 21.6 Å². The van der Waals surface area contributed by atoms with Gasteiger partial charge in [0.1, 0.15) is 10.8 Å². The van der Waals surface area contributed by atoms with Crippen LogP contribution in [0, 0.1) is 13.8 Å². The number of nitrogens with zero attached hydrogens (tertiary/aromatic N) is 2. The van der Waals surface area contributed by atoms with Gasteiger partial charge in [-0.15, -0.1) is 10.2 Å². The van der Waals surface area contributed by atoms with E-state index in [1.54, 1.807) is 6.92 Å². The number of carbonyl (C=O) groups is 1. The van der Waals surface area contributed by atoms with Crippen molar-refractivity contribution >= 4 is 22.4 Å². The first-order chi connectivity index (χ1) is 10.1. The van der Waals surface area contributed by atoms with Crippen LogP contribution in [0.15, 0.2) is 18.2 Å². The van der Waals surface area contributed by atoms with E-state index in [1.807, 2.05) is 26.0 Å². The van der Waals surface area contributed by atoms with Gasteiger partial charge in [-0.1, -0.05) is 30.4 Å². The van der Waals surface area contributed by atoms with Crippen molar-refractivity contribution < 1.29 is 9.53 Å². The Hall–Kier alpha value is -1.95. The second-order valence-corrected chi connectivity index (χ2v) is 5.83. The van der Waals surface area contributed by atoms with E-state index in [0.29, 0.717) is 24.6 Å². The Morgan fingerprint density at radius 1 is 1.33 bits per heavy atom. The summed E-state index contributed by atoms with van der Waals surface area (Å²) < 4.78 is 5.78. The maximum Gasteiger partial charge on any atom is 0.225 e. The average molecular weight is 305 g/mol. The molecule has 5 nitrogen and oxygen atoms in total. The largest absolute Gasteiger partial charge is 0.493 e. The Morgan fingerprint density at radius 2 is 2.14 bits per heavy atom. The maximum atomic E-state index is 11.3. The number of hydrogen-bond donors (Lipinski definition) is 1. The number of anilines is 1. The van der Waals surface area contributed by atoms with E-state index in [4.69, 9.17) is 4.74 Å². The molecule has 0 radical (unpaired) electrons. The normalized spacial score (nSPS) is 10.4. The molecule has 1 aromatic heterocycles. The average Bonchev–Trinajstić information content (AvgIpc) is 2.90. The summed E-state index contributed by atoms with van der Waals surface area (Å²) in [5, 5.41) is 12.1. The zero-order valence-electron chi connectivity index (χ0n) is 12.5. The van der Waals surface area contributed by atoms with Crippen molar-refractivity contribution in [1.29, 1.82) is 0 Å². The molecule has 1 N–H and O–H groups in total. The summed E-state index contributed by atoms with van der Waals surface area (Å²) in [4.78, 5) is 11.3. The minimum atomic E-state index is -0.0515. The van der Waals surface area contributed by atoms with E-state index in [9.17, 15) is 4.79 Å². The van der Waals surface area contributed by atoms with Crippen LogP contribution in [0.5, 0.6) is 5.75 Å². The second-order valence-electron chi connectivity index (χ2n) is 4.77. The van der Waals surface area contributed by atoms with E-state index in [-0.39, 0.29) is 5.91 Å². The lowest BCUT2D eigenvalue weighted by atomic mass is 10.1. The first-order valence-corrected chi connectivity index (χ1v) is 7.72. The molecule has 0 aliphatic heterocycles. The van der Waals surface area contributed by atoms with Gasteiger partial charge in [-0.25, -0.2) is 0 Å². The van der Waals surface area contributed by atoms with E-state index < -0.39 is 0 Å². The van der Waals surface area contributed by atoms with Gasteiger partial charge in [0, 0.05) is 12.8 Å². The highest BCUT2D eigenvalue weighted by atomic mass is 32.1. The molecule has 1 aromatic carbocycles. The molecule has 0 saturated heterocycles. The van der Waals surface area contributed by atoms with Crippen molar-refractivity contribution in [2.24, 2.45) is 0 Å². The SMILES string of the molecule is CCC(=O)Nc1nnc(CCOc2cc(C)ccc2C)s1. The maximum absolute atomic E-state index is 11.3. The molecule has 0 aliphatic carbocycles. The van der Waals surface area contributed by atoms with Crippen LogP contribution in [0.3, 0.4) is 0 Å². The number of ether oxygens (including phenoxy) is 1. The van der Waals surface area contributed by atoms with E-state index in [1.165, 1.54) is 16.9 Å². The number of hydrogen-bond acceptors (Lipinski definition) is 5. The molecule has 112 valence electrons. The predicted octanol–water partition coefficient (Wildman–Crippen LogP) is 3.12. The van der Waals surface area contributed by atoms with Gasteiger partial charge < -0.3 is 10.1 Å². The molecule has 21 heavy (non-hydrogen) atoms. The summed E-state index contributed by atoms with van der Waals surface area (Å²) in [6.07, 6.45) is 1.11. The molecule has 0 saturated carbocycles. The predicted molar refractivity (Wildman–Crippen MR) is 83.9 cm³/mol. The molecular formula is C15H19N3O2S. The van der Waals surface area contributed by atoms with E-state index in [0.717, 1.165) is 16.3 Å². The molecule has 1 heterocycles. The Kier molecular flexibility index (Phi) is 5.27. The standard InChI is InChI=1S/C15H19N3O2S/c1-4-13(19)16-15-18-17-14(21-15)7-8-20-12-9-10(2)5-6-11(12)3/h5-6,9H,4,7-8H2,1-3H3,(H,16,18,19). The molecule has 0 spiro atoms. The minimum Gasteiger partial charge on any atom is -0.493 e. The third kappa shape index (κ3) is 4.53. The number of carbonyl (C=O) groups excluding carboxylic acids is 1. The lowest BCUT2D eigenvalue weighted by molar-refractivity contribution is -0.115. The van der Waals surface area contributed by atoms with Crippen LogP contribution < -0.4 is 10.1 Å². The monoisotopic (exact) mass is 305 g/mol. The fourth-order valence-electron chi connectivity index (χ4n) is 1.72. The molecule has 1 amide bonds. The fourth-order valence-corrected chi connectivity index (χ4v) is 2.46. The Morgan fingerprint density at radius 3 is 2.90 bits per heavy atom. The molecule has 0 bridgehead atoms. The van der Waals surface area contributed by atoms with Gasteiger partial charge in [-0.2, -0.15) is 0 Å². The molecular weight excluding hydrogens is 286 g/mol. The van der Waals surface area contributed by atoms with Gasteiger partial charge in [0.25, 0.3) is 0 Å². The minimum absolute atomic E-state index is 0.0515. The van der Waals surface area contributed by atoms with Crippen LogP contribution in [-0.2, 0) is 11.2 Å². The molecule has 0 unspecified atom stereocenters. The Labute approximate surface area is 128 Å². The summed E-state index contributed by atoms with van der Waals surface area (Å²) in [7, 11) is 0. The highest BCUT2D eigenvalue weighted by molar-refractivity contribution is 7.15. The number of nitrogens with one attached hydrogen (secondary N) is 1. The molecule has 0 aliphatic rings. The van der Waals surface area contributed by atoms with E-state index >= 15 is 0 Å². The lowest BCUT2D eigenvalue weighted by Crippen LogP contribution is -2.08. The fraction of sp³-hybridized carbons (Fsp3) is 0.400.